The van der Waals surface area contributed by atoms with Crippen LogP contribution in [0.2, 0.25) is 0 Å². The highest BCUT2D eigenvalue weighted by atomic mass is 35.5. The zero-order valence-electron chi connectivity index (χ0n) is 8.56. The molecule has 1 aliphatic rings. The van der Waals surface area contributed by atoms with E-state index in [4.69, 9.17) is 23.2 Å². The first-order chi connectivity index (χ1) is 7.40. The van der Waals surface area contributed by atoms with E-state index >= 15 is 0 Å². The minimum absolute atomic E-state index is 0.222. The molecular weight excluding hydrogens is 252 g/mol. The summed E-state index contributed by atoms with van der Waals surface area (Å²) < 4.78 is 11.9. The van der Waals surface area contributed by atoms with Crippen molar-refractivity contribution in [2.75, 3.05) is 5.32 Å². The number of hydrogen-bond acceptors (Lipinski definition) is 1. The van der Waals surface area contributed by atoms with E-state index in [2.05, 4.69) is 5.32 Å². The van der Waals surface area contributed by atoms with Crippen LogP contribution in [-0.4, -0.2) is 10.2 Å². The molecule has 86 valence electrons. The topological polar surface area (TPSA) is 29.1 Å². The first-order valence-corrected chi connectivity index (χ1v) is 5.60. The van der Waals surface area contributed by atoms with Gasteiger partial charge in [0.25, 0.3) is 0 Å². The number of anilines is 1. The SMILES string of the molecule is Cc1cc(F)ccc1NC(=O)[C@@H]1CC1(Cl)Cl. The molecular formula is C11H10Cl2FNO. The Balaban J connectivity index is 2.07. The van der Waals surface area contributed by atoms with Gasteiger partial charge in [-0.2, -0.15) is 0 Å². The summed E-state index contributed by atoms with van der Waals surface area (Å²) in [4.78, 5) is 11.7. The van der Waals surface area contributed by atoms with Crippen molar-refractivity contribution < 1.29 is 9.18 Å². The van der Waals surface area contributed by atoms with Crippen LogP contribution in [0.4, 0.5) is 10.1 Å². The predicted molar refractivity (Wildman–Crippen MR) is 62.3 cm³/mol. The van der Waals surface area contributed by atoms with Gasteiger partial charge in [-0.05, 0) is 37.1 Å². The number of carbonyl (C=O) groups excluding carboxylic acids is 1. The van der Waals surface area contributed by atoms with Gasteiger partial charge in [-0.3, -0.25) is 4.79 Å². The van der Waals surface area contributed by atoms with E-state index in [0.29, 0.717) is 17.7 Å². The van der Waals surface area contributed by atoms with Crippen molar-refractivity contribution in [3.63, 3.8) is 0 Å². The van der Waals surface area contributed by atoms with Crippen LogP contribution in [0.1, 0.15) is 12.0 Å². The molecule has 2 rings (SSSR count). The van der Waals surface area contributed by atoms with Gasteiger partial charge in [0.05, 0.1) is 5.92 Å². The number of halogens is 3. The molecule has 1 aromatic carbocycles. The predicted octanol–water partition coefficient (Wildman–Crippen LogP) is 3.27. The van der Waals surface area contributed by atoms with Gasteiger partial charge in [0, 0.05) is 5.69 Å². The van der Waals surface area contributed by atoms with Crippen LogP contribution in [0.15, 0.2) is 18.2 Å². The summed E-state index contributed by atoms with van der Waals surface area (Å²) in [6.45, 7) is 1.72. The summed E-state index contributed by atoms with van der Waals surface area (Å²) in [6, 6.07) is 4.18. The quantitative estimate of drug-likeness (QED) is 0.814. The molecule has 0 saturated heterocycles. The highest BCUT2D eigenvalue weighted by molar-refractivity contribution is 6.52. The van der Waals surface area contributed by atoms with Crippen molar-refractivity contribution in [2.45, 2.75) is 17.7 Å². The monoisotopic (exact) mass is 261 g/mol. The minimum atomic E-state index is -0.933. The van der Waals surface area contributed by atoms with Crippen molar-refractivity contribution in [1.29, 1.82) is 0 Å². The molecule has 1 saturated carbocycles. The average Bonchev–Trinajstić information content (AvgIpc) is 2.80. The van der Waals surface area contributed by atoms with Crippen LogP contribution < -0.4 is 5.32 Å². The fraction of sp³-hybridized carbons (Fsp3) is 0.364. The van der Waals surface area contributed by atoms with Crippen molar-refractivity contribution in [3.05, 3.63) is 29.6 Å². The lowest BCUT2D eigenvalue weighted by Crippen LogP contribution is -2.17. The van der Waals surface area contributed by atoms with Crippen molar-refractivity contribution >= 4 is 34.8 Å². The molecule has 0 radical (unpaired) electrons. The van der Waals surface area contributed by atoms with Gasteiger partial charge in [-0.15, -0.1) is 23.2 Å². The molecule has 1 amide bonds. The minimum Gasteiger partial charge on any atom is -0.326 e. The Hall–Kier alpha value is -0.800. The third-order valence-electron chi connectivity index (χ3n) is 2.59. The van der Waals surface area contributed by atoms with E-state index in [9.17, 15) is 9.18 Å². The van der Waals surface area contributed by atoms with Gasteiger partial charge in [-0.1, -0.05) is 0 Å². The Labute approximate surface area is 103 Å². The molecule has 5 heteroatoms. The molecule has 0 unspecified atom stereocenters. The summed E-state index contributed by atoms with van der Waals surface area (Å²) in [5.41, 5.74) is 1.26. The summed E-state index contributed by atoms with van der Waals surface area (Å²) in [6.07, 6.45) is 0.461. The van der Waals surface area contributed by atoms with Gasteiger partial charge < -0.3 is 5.32 Å². The number of aryl methyl sites for hydroxylation is 1. The maximum atomic E-state index is 12.8. The summed E-state index contributed by atoms with van der Waals surface area (Å²) in [7, 11) is 0. The van der Waals surface area contributed by atoms with Gasteiger partial charge in [-0.25, -0.2) is 4.39 Å². The van der Waals surface area contributed by atoms with Crippen molar-refractivity contribution in [2.24, 2.45) is 5.92 Å². The maximum absolute atomic E-state index is 12.8. The fourth-order valence-corrected chi connectivity index (χ4v) is 1.99. The number of carbonyl (C=O) groups is 1. The first kappa shape index (κ1) is 11.7. The van der Waals surface area contributed by atoms with E-state index in [0.717, 1.165) is 0 Å². The molecule has 1 atom stereocenters. The van der Waals surface area contributed by atoms with E-state index in [-0.39, 0.29) is 17.6 Å². The molecule has 0 spiro atoms. The Bertz CT molecular complexity index is 448. The van der Waals surface area contributed by atoms with Gasteiger partial charge in [0.15, 0.2) is 0 Å². The number of rotatable bonds is 2. The molecule has 1 aromatic rings. The zero-order valence-corrected chi connectivity index (χ0v) is 10.1. The molecule has 16 heavy (non-hydrogen) atoms. The molecule has 0 aromatic heterocycles. The Morgan fingerprint density at radius 2 is 2.19 bits per heavy atom. The third-order valence-corrected chi connectivity index (χ3v) is 3.42. The maximum Gasteiger partial charge on any atom is 0.230 e. The van der Waals surface area contributed by atoms with Crippen LogP contribution in [0.25, 0.3) is 0 Å². The van der Waals surface area contributed by atoms with E-state index in [1.54, 1.807) is 6.92 Å². The lowest BCUT2D eigenvalue weighted by molar-refractivity contribution is -0.117. The highest BCUT2D eigenvalue weighted by Crippen LogP contribution is 2.53. The molecule has 0 heterocycles. The second kappa shape index (κ2) is 3.90. The summed E-state index contributed by atoms with van der Waals surface area (Å²) >= 11 is 11.6. The standard InChI is InChI=1S/C11H10Cl2FNO/c1-6-4-7(14)2-3-9(6)15-10(16)8-5-11(8,12)13/h2-4,8H,5H2,1H3,(H,15,16)/t8-/m0/s1. The second-order valence-electron chi connectivity index (χ2n) is 3.97. The van der Waals surface area contributed by atoms with Crippen molar-refractivity contribution in [3.8, 4) is 0 Å². The molecule has 0 aliphatic heterocycles. The number of hydrogen-bond donors (Lipinski definition) is 1. The van der Waals surface area contributed by atoms with Crippen LogP contribution in [0, 0.1) is 18.7 Å². The highest BCUT2D eigenvalue weighted by Gasteiger charge is 2.56. The molecule has 2 nitrogen and oxygen atoms in total. The van der Waals surface area contributed by atoms with E-state index in [1.165, 1.54) is 18.2 Å². The first-order valence-electron chi connectivity index (χ1n) is 4.85. The normalized spacial score (nSPS) is 21.6. The van der Waals surface area contributed by atoms with Crippen LogP contribution in [0.5, 0.6) is 0 Å². The number of nitrogens with one attached hydrogen (secondary N) is 1. The Morgan fingerprint density at radius 3 is 2.69 bits per heavy atom. The smallest absolute Gasteiger partial charge is 0.230 e. The molecule has 1 aliphatic carbocycles. The molecule has 1 N–H and O–H groups in total. The van der Waals surface area contributed by atoms with E-state index in [1.807, 2.05) is 0 Å². The summed E-state index contributed by atoms with van der Waals surface area (Å²) in [5, 5.41) is 2.68. The van der Waals surface area contributed by atoms with Gasteiger partial charge >= 0.3 is 0 Å². The van der Waals surface area contributed by atoms with Crippen LogP contribution >= 0.6 is 23.2 Å². The fourth-order valence-electron chi connectivity index (χ4n) is 1.48. The zero-order chi connectivity index (χ0) is 11.9. The third kappa shape index (κ3) is 2.30. The largest absolute Gasteiger partial charge is 0.326 e. The molecule has 1 fully saturated rings. The number of alkyl halides is 2. The van der Waals surface area contributed by atoms with Gasteiger partial charge in [0.1, 0.15) is 10.2 Å². The average molecular weight is 262 g/mol. The lowest BCUT2D eigenvalue weighted by atomic mass is 10.2. The van der Waals surface area contributed by atoms with E-state index < -0.39 is 4.33 Å². The Morgan fingerprint density at radius 1 is 1.56 bits per heavy atom. The molecule has 0 bridgehead atoms. The van der Waals surface area contributed by atoms with Gasteiger partial charge in [0.2, 0.25) is 5.91 Å². The number of amides is 1. The Kier molecular flexibility index (Phi) is 2.84. The van der Waals surface area contributed by atoms with Crippen LogP contribution in [0.3, 0.4) is 0 Å². The van der Waals surface area contributed by atoms with Crippen LogP contribution in [-0.2, 0) is 4.79 Å². The lowest BCUT2D eigenvalue weighted by Gasteiger charge is -2.08. The number of benzene rings is 1. The second-order valence-corrected chi connectivity index (χ2v) is 5.51. The van der Waals surface area contributed by atoms with Crippen molar-refractivity contribution in [1.82, 2.24) is 0 Å². The summed E-state index contributed by atoms with van der Waals surface area (Å²) in [5.74, 6) is -0.925.